The largest absolute Gasteiger partial charge is 0.455 e. The number of hydrogen-bond donors (Lipinski definition) is 1. The summed E-state index contributed by atoms with van der Waals surface area (Å²) < 4.78 is 48.7. The number of carbonyl (C=O) groups is 1. The molecule has 8 nitrogen and oxygen atoms in total. The van der Waals surface area contributed by atoms with Crippen molar-refractivity contribution in [1.82, 2.24) is 20.4 Å². The zero-order valence-electron chi connectivity index (χ0n) is 15.2. The van der Waals surface area contributed by atoms with E-state index in [4.69, 9.17) is 9.26 Å². The molecule has 4 heterocycles. The average molecular weight is 401 g/mol. The molecule has 3 aliphatic heterocycles. The second kappa shape index (κ2) is 6.23. The molecule has 2 bridgehead atoms. The molecule has 3 saturated heterocycles. The molecule has 3 atom stereocenters. The minimum Gasteiger partial charge on any atom is -0.441 e. The molecule has 1 aromatic heterocycles. The summed E-state index contributed by atoms with van der Waals surface area (Å²) in [4.78, 5) is 19.2. The van der Waals surface area contributed by atoms with Gasteiger partial charge in [-0.05, 0) is 30.3 Å². The molecule has 4 fully saturated rings. The summed E-state index contributed by atoms with van der Waals surface area (Å²) in [5.41, 5.74) is -0.370. The van der Waals surface area contributed by atoms with Crippen LogP contribution in [0, 0.1) is 5.92 Å². The number of hydrogen-bond acceptors (Lipinski definition) is 7. The van der Waals surface area contributed by atoms with Crippen molar-refractivity contribution in [3.8, 4) is 0 Å². The van der Waals surface area contributed by atoms with Crippen LogP contribution in [-0.2, 0) is 10.9 Å². The van der Waals surface area contributed by atoms with Gasteiger partial charge in [-0.25, -0.2) is 4.79 Å². The summed E-state index contributed by atoms with van der Waals surface area (Å²) in [5.74, 6) is -0.812. The van der Waals surface area contributed by atoms with E-state index in [2.05, 4.69) is 20.4 Å². The Morgan fingerprint density at radius 3 is 2.54 bits per heavy atom. The maximum atomic E-state index is 12.8. The van der Waals surface area contributed by atoms with Crippen molar-refractivity contribution in [2.75, 3.05) is 31.1 Å². The smallest absolute Gasteiger partial charge is 0.441 e. The average Bonchev–Trinajstić information content (AvgIpc) is 3.34. The van der Waals surface area contributed by atoms with E-state index >= 15 is 0 Å². The molecule has 1 spiro atoms. The van der Waals surface area contributed by atoms with E-state index in [-0.39, 0.29) is 23.8 Å². The summed E-state index contributed by atoms with van der Waals surface area (Å²) in [6.45, 7) is 2.94. The lowest BCUT2D eigenvalue weighted by Crippen LogP contribution is -2.51. The second-order valence-electron chi connectivity index (χ2n) is 8.39. The predicted octanol–water partition coefficient (Wildman–Crippen LogP) is 2.02. The third kappa shape index (κ3) is 3.09. The van der Waals surface area contributed by atoms with Gasteiger partial charge in [0.2, 0.25) is 0 Å². The van der Waals surface area contributed by atoms with E-state index in [0.717, 1.165) is 45.2 Å². The highest BCUT2D eigenvalue weighted by Gasteiger charge is 2.48. The lowest BCUT2D eigenvalue weighted by molar-refractivity contribution is -0.146. The summed E-state index contributed by atoms with van der Waals surface area (Å²) in [6.07, 6.45) is -0.498. The fourth-order valence-electron chi connectivity index (χ4n) is 5.26. The van der Waals surface area contributed by atoms with Crippen molar-refractivity contribution in [2.24, 2.45) is 5.92 Å². The number of nitrogens with one attached hydrogen (secondary N) is 1. The van der Waals surface area contributed by atoms with Crippen LogP contribution in [0.15, 0.2) is 4.52 Å². The number of rotatable bonds is 2. The molecule has 5 rings (SSSR count). The van der Waals surface area contributed by atoms with Crippen LogP contribution >= 0.6 is 0 Å². The molecule has 11 heteroatoms. The highest BCUT2D eigenvalue weighted by molar-refractivity contribution is 5.70. The van der Waals surface area contributed by atoms with Gasteiger partial charge in [-0.15, -0.1) is 0 Å². The molecule has 0 aromatic carbocycles. The van der Waals surface area contributed by atoms with Crippen LogP contribution in [0.5, 0.6) is 0 Å². The van der Waals surface area contributed by atoms with E-state index in [1.807, 2.05) is 4.90 Å². The third-order valence-corrected chi connectivity index (χ3v) is 6.65. The van der Waals surface area contributed by atoms with Crippen LogP contribution in [0.1, 0.15) is 37.9 Å². The lowest BCUT2D eigenvalue weighted by Gasteiger charge is -2.43. The molecular weight excluding hydrogens is 379 g/mol. The molecule has 1 saturated carbocycles. The van der Waals surface area contributed by atoms with Crippen LogP contribution in [0.4, 0.5) is 24.0 Å². The number of piperidine rings is 1. The Kier molecular flexibility index (Phi) is 4.01. The summed E-state index contributed by atoms with van der Waals surface area (Å²) in [5, 5.41) is 5.84. The van der Waals surface area contributed by atoms with Crippen LogP contribution in [-0.4, -0.2) is 65.0 Å². The van der Waals surface area contributed by atoms with Crippen LogP contribution in [0.25, 0.3) is 0 Å². The fraction of sp³-hybridized carbons (Fsp3) is 0.824. The van der Waals surface area contributed by atoms with Gasteiger partial charge in [-0.3, -0.25) is 4.90 Å². The van der Waals surface area contributed by atoms with E-state index in [0.29, 0.717) is 25.0 Å². The van der Waals surface area contributed by atoms with Gasteiger partial charge in [-0.2, -0.15) is 18.2 Å². The zero-order valence-corrected chi connectivity index (χ0v) is 15.2. The van der Waals surface area contributed by atoms with Crippen LogP contribution < -0.4 is 10.2 Å². The second-order valence-corrected chi connectivity index (χ2v) is 8.39. The van der Waals surface area contributed by atoms with E-state index < -0.39 is 12.0 Å². The maximum absolute atomic E-state index is 12.8. The Morgan fingerprint density at radius 2 is 1.89 bits per heavy atom. The van der Waals surface area contributed by atoms with Crippen molar-refractivity contribution in [1.29, 1.82) is 0 Å². The Morgan fingerprint density at radius 1 is 1.14 bits per heavy atom. The standard InChI is InChI=1S/C17H22F3N5O3/c18-17(19,20)13-22-14(28-23-13)25-8-10-5-11(7-12(25)6-10)24-3-1-16(2-4-24)9-21-15(26)27-16/h10-12H,1-9H2,(H,21,26). The van der Waals surface area contributed by atoms with Gasteiger partial charge in [0.05, 0.1) is 6.54 Å². The fourth-order valence-corrected chi connectivity index (χ4v) is 5.26. The van der Waals surface area contributed by atoms with Crippen molar-refractivity contribution >= 4 is 12.1 Å². The molecule has 1 N–H and O–H groups in total. The number of ether oxygens (including phenoxy) is 1. The maximum Gasteiger partial charge on any atom is 0.455 e. The third-order valence-electron chi connectivity index (χ3n) is 6.65. The quantitative estimate of drug-likeness (QED) is 0.812. The normalized spacial score (nSPS) is 32.6. The van der Waals surface area contributed by atoms with Crippen molar-refractivity contribution in [2.45, 2.75) is 56.0 Å². The molecule has 1 amide bonds. The van der Waals surface area contributed by atoms with Crippen molar-refractivity contribution in [3.05, 3.63) is 5.82 Å². The summed E-state index contributed by atoms with van der Waals surface area (Å²) in [6, 6.07) is 0.468. The number of aromatic nitrogens is 2. The first-order valence-corrected chi connectivity index (χ1v) is 9.70. The first-order chi connectivity index (χ1) is 13.3. The number of halogens is 3. The van der Waals surface area contributed by atoms with Gasteiger partial charge in [0.1, 0.15) is 5.60 Å². The minimum atomic E-state index is -4.60. The van der Waals surface area contributed by atoms with Gasteiger partial charge in [0.15, 0.2) is 0 Å². The molecule has 4 aliphatic rings. The number of alkyl halides is 3. The zero-order chi connectivity index (χ0) is 19.5. The predicted molar refractivity (Wildman–Crippen MR) is 89.6 cm³/mol. The summed E-state index contributed by atoms with van der Waals surface area (Å²) in [7, 11) is 0. The van der Waals surface area contributed by atoms with Gasteiger partial charge in [-0.1, -0.05) is 0 Å². The van der Waals surface area contributed by atoms with E-state index in [9.17, 15) is 18.0 Å². The van der Waals surface area contributed by atoms with Gasteiger partial charge < -0.3 is 19.5 Å². The van der Waals surface area contributed by atoms with Gasteiger partial charge in [0.25, 0.3) is 5.82 Å². The molecule has 28 heavy (non-hydrogen) atoms. The number of fused-ring (bicyclic) bond motifs is 2. The number of alkyl carbamates (subject to hydrolysis) is 1. The number of amides is 1. The number of anilines is 1. The lowest BCUT2D eigenvalue weighted by atomic mass is 9.83. The van der Waals surface area contributed by atoms with E-state index in [1.165, 1.54) is 0 Å². The summed E-state index contributed by atoms with van der Waals surface area (Å²) >= 11 is 0. The van der Waals surface area contributed by atoms with Crippen LogP contribution in [0.3, 0.4) is 0 Å². The molecule has 3 unspecified atom stereocenters. The number of nitrogens with zero attached hydrogens (tertiary/aromatic N) is 4. The monoisotopic (exact) mass is 401 g/mol. The Labute approximate surface area is 159 Å². The Bertz CT molecular complexity index is 761. The first-order valence-electron chi connectivity index (χ1n) is 9.70. The number of likely N-dealkylation sites (tertiary alicyclic amines) is 1. The molecule has 154 valence electrons. The first kappa shape index (κ1) is 18.0. The van der Waals surface area contributed by atoms with E-state index in [1.54, 1.807) is 0 Å². The number of carbonyl (C=O) groups excluding carboxylic acids is 1. The Balaban J connectivity index is 1.23. The molecule has 1 aromatic rings. The topological polar surface area (TPSA) is 83.7 Å². The molecular formula is C17H22F3N5O3. The van der Waals surface area contributed by atoms with Crippen molar-refractivity contribution < 1.29 is 27.2 Å². The molecule has 1 aliphatic carbocycles. The highest BCUT2D eigenvalue weighted by Crippen LogP contribution is 2.41. The minimum absolute atomic E-state index is 0.0259. The van der Waals surface area contributed by atoms with Gasteiger partial charge in [0, 0.05) is 44.6 Å². The van der Waals surface area contributed by atoms with Gasteiger partial charge >= 0.3 is 18.3 Å². The highest BCUT2D eigenvalue weighted by atomic mass is 19.4. The molecule has 0 radical (unpaired) electrons. The van der Waals surface area contributed by atoms with Crippen molar-refractivity contribution in [3.63, 3.8) is 0 Å². The van der Waals surface area contributed by atoms with Crippen LogP contribution in [0.2, 0.25) is 0 Å². The Hall–Kier alpha value is -2.04. The SMILES string of the molecule is O=C1NCC2(CCN(C3CC4CC(C3)N(c3nc(C(F)(F)F)no3)C4)CC2)O1.